The summed E-state index contributed by atoms with van der Waals surface area (Å²) in [6.45, 7) is 2.27. The largest absolute Gasteiger partial charge is 0.416 e. The van der Waals surface area contributed by atoms with Crippen LogP contribution in [0.5, 0.6) is 0 Å². The van der Waals surface area contributed by atoms with E-state index in [1.807, 2.05) is 0 Å². The van der Waals surface area contributed by atoms with E-state index in [4.69, 9.17) is 0 Å². The van der Waals surface area contributed by atoms with Crippen molar-refractivity contribution in [2.45, 2.75) is 81.3 Å². The molecule has 2 aliphatic rings. The lowest BCUT2D eigenvalue weighted by atomic mass is 9.65. The van der Waals surface area contributed by atoms with Gasteiger partial charge in [-0.3, -0.25) is 9.79 Å². The van der Waals surface area contributed by atoms with Crippen molar-refractivity contribution in [2.75, 3.05) is 13.1 Å². The Bertz CT molecular complexity index is 1470. The molecule has 1 aliphatic heterocycles. The molecule has 1 fully saturated rings. The molecule has 0 aromatic heterocycles. The monoisotopic (exact) mass is 650 g/mol. The molecule has 242 valence electrons. The van der Waals surface area contributed by atoms with Gasteiger partial charge in [-0.2, -0.15) is 30.6 Å². The molecule has 4 rings (SSSR count). The predicted octanol–water partition coefficient (Wildman–Crippen LogP) is 5.81. The number of sulfonamides is 1. The van der Waals surface area contributed by atoms with Gasteiger partial charge in [-0.1, -0.05) is 18.6 Å². The van der Waals surface area contributed by atoms with Crippen molar-refractivity contribution in [2.24, 2.45) is 10.4 Å². The number of carbonyl (C=O) groups is 1. The van der Waals surface area contributed by atoms with Crippen molar-refractivity contribution < 1.29 is 43.9 Å². The number of rotatable bonds is 11. The van der Waals surface area contributed by atoms with Gasteiger partial charge >= 0.3 is 12.4 Å². The summed E-state index contributed by atoms with van der Waals surface area (Å²) in [7, 11) is -4.23. The van der Waals surface area contributed by atoms with E-state index >= 15 is 0 Å². The van der Waals surface area contributed by atoms with Gasteiger partial charge in [0, 0.05) is 25.0 Å². The van der Waals surface area contributed by atoms with E-state index in [-0.39, 0.29) is 24.4 Å². The Labute approximate surface area is 251 Å². The highest BCUT2D eigenvalue weighted by Crippen LogP contribution is 2.47. The van der Waals surface area contributed by atoms with Gasteiger partial charge in [-0.05, 0) is 75.1 Å². The zero-order chi connectivity index (χ0) is 32.6. The van der Waals surface area contributed by atoms with E-state index in [0.29, 0.717) is 24.2 Å². The number of benzene rings is 2. The minimum atomic E-state index is -4.56. The Balaban J connectivity index is 1.54. The molecule has 2 aromatic rings. The molecule has 0 saturated heterocycles. The van der Waals surface area contributed by atoms with Crippen molar-refractivity contribution >= 4 is 21.8 Å². The number of amides is 1. The van der Waals surface area contributed by atoms with Gasteiger partial charge in [-0.15, -0.1) is 0 Å². The molecule has 2 N–H and O–H groups in total. The second kappa shape index (κ2) is 12.3. The molecular weight excluding hydrogens is 617 g/mol. The van der Waals surface area contributed by atoms with Crippen LogP contribution in [0.3, 0.4) is 0 Å². The van der Waals surface area contributed by atoms with Crippen LogP contribution >= 0.6 is 0 Å². The van der Waals surface area contributed by atoms with Crippen LogP contribution in [0.4, 0.5) is 30.7 Å². The van der Waals surface area contributed by atoms with Crippen molar-refractivity contribution in [3.63, 3.8) is 0 Å². The number of carbonyl (C=O) groups excluding carboxylic acids is 1. The standard InChI is InChI=1S/C29H33F7N4O3S/c1-19-26(2,25(41)37-16-14-28(31,32)33)39-24(38-19)27(12-3-13-27)15-17-40(44(42,43)23-10-8-22(30)9-11-23)18-20-4-6-21(7-5-20)29(34,35)36/h4-11,19H,3,12-18H2,1-2H3,(H,37,41)(H,38,39)/t19?,26-/m1/s1. The molecule has 0 radical (unpaired) electrons. The maximum absolute atomic E-state index is 13.7. The smallest absolute Gasteiger partial charge is 0.358 e. The van der Waals surface area contributed by atoms with Crippen molar-refractivity contribution in [1.29, 1.82) is 0 Å². The second-order valence-corrected chi connectivity index (χ2v) is 13.4. The summed E-state index contributed by atoms with van der Waals surface area (Å²) in [6.07, 6.45) is -7.96. The normalized spacial score (nSPS) is 21.9. The summed E-state index contributed by atoms with van der Waals surface area (Å²) in [5.74, 6) is -0.833. The summed E-state index contributed by atoms with van der Waals surface area (Å²) in [5, 5.41) is 5.43. The van der Waals surface area contributed by atoms with Gasteiger partial charge in [0.25, 0.3) is 0 Å². The van der Waals surface area contributed by atoms with E-state index in [2.05, 4.69) is 15.6 Å². The molecule has 2 aromatic carbocycles. The third-order valence-electron chi connectivity index (χ3n) is 8.45. The molecule has 0 spiro atoms. The van der Waals surface area contributed by atoms with Gasteiger partial charge in [0.15, 0.2) is 0 Å². The van der Waals surface area contributed by atoms with Crippen molar-refractivity contribution in [3.8, 4) is 0 Å². The molecule has 44 heavy (non-hydrogen) atoms. The van der Waals surface area contributed by atoms with Crippen LogP contribution in [0.25, 0.3) is 0 Å². The fraction of sp³-hybridized carbons (Fsp3) is 0.517. The summed E-state index contributed by atoms with van der Waals surface area (Å²) < 4.78 is 119. The van der Waals surface area contributed by atoms with Gasteiger partial charge in [-0.25, -0.2) is 12.8 Å². The van der Waals surface area contributed by atoms with E-state index in [1.54, 1.807) is 13.8 Å². The first kappa shape index (κ1) is 33.7. The lowest BCUT2D eigenvalue weighted by Gasteiger charge is -2.44. The van der Waals surface area contributed by atoms with Crippen LogP contribution in [-0.2, 0) is 27.5 Å². The fourth-order valence-electron chi connectivity index (χ4n) is 5.31. The minimum absolute atomic E-state index is 0.0791. The average Bonchev–Trinajstić information content (AvgIpc) is 3.21. The first-order chi connectivity index (χ1) is 20.4. The summed E-state index contributed by atoms with van der Waals surface area (Å²) in [6, 6.07) is 7.70. The van der Waals surface area contributed by atoms with E-state index in [0.717, 1.165) is 47.1 Å². The van der Waals surface area contributed by atoms with E-state index < -0.39 is 69.6 Å². The predicted molar refractivity (Wildman–Crippen MR) is 148 cm³/mol. The third-order valence-corrected chi connectivity index (χ3v) is 10.3. The van der Waals surface area contributed by atoms with Gasteiger partial charge in [0.05, 0.1) is 22.9 Å². The molecule has 2 atom stereocenters. The molecule has 15 heteroatoms. The first-order valence-corrected chi connectivity index (χ1v) is 15.4. The highest BCUT2D eigenvalue weighted by molar-refractivity contribution is 7.89. The Kier molecular flexibility index (Phi) is 9.42. The molecule has 7 nitrogen and oxygen atoms in total. The maximum atomic E-state index is 13.7. The van der Waals surface area contributed by atoms with Gasteiger partial charge in [0.2, 0.25) is 15.9 Å². The molecule has 1 saturated carbocycles. The summed E-state index contributed by atoms with van der Waals surface area (Å²) in [4.78, 5) is 17.4. The number of amidine groups is 1. The Hall–Kier alpha value is -3.20. The van der Waals surface area contributed by atoms with Crippen LogP contribution < -0.4 is 10.6 Å². The van der Waals surface area contributed by atoms with Crippen LogP contribution in [0, 0.1) is 11.2 Å². The number of aliphatic imine (C=N–C) groups is 1. The van der Waals surface area contributed by atoms with Crippen LogP contribution in [0.15, 0.2) is 58.4 Å². The van der Waals surface area contributed by atoms with Gasteiger partial charge in [0.1, 0.15) is 17.2 Å². The Morgan fingerprint density at radius 1 is 1.05 bits per heavy atom. The third kappa shape index (κ3) is 7.36. The van der Waals surface area contributed by atoms with Gasteiger partial charge < -0.3 is 10.6 Å². The topological polar surface area (TPSA) is 90.9 Å². The minimum Gasteiger partial charge on any atom is -0.358 e. The maximum Gasteiger partial charge on any atom is 0.416 e. The number of halogens is 7. The molecule has 1 amide bonds. The molecular formula is C29H33F7N4O3S. The quantitative estimate of drug-likeness (QED) is 0.301. The summed E-state index contributed by atoms with van der Waals surface area (Å²) in [5.41, 5.74) is -2.56. The lowest BCUT2D eigenvalue weighted by molar-refractivity contribution is -0.138. The number of hydrogen-bond donors (Lipinski definition) is 2. The van der Waals surface area contributed by atoms with Crippen molar-refractivity contribution in [1.82, 2.24) is 14.9 Å². The van der Waals surface area contributed by atoms with Crippen LogP contribution in [0.1, 0.15) is 57.1 Å². The van der Waals surface area contributed by atoms with Crippen molar-refractivity contribution in [3.05, 3.63) is 65.5 Å². The Morgan fingerprint density at radius 2 is 1.66 bits per heavy atom. The highest BCUT2D eigenvalue weighted by atomic mass is 32.2. The fourth-order valence-corrected chi connectivity index (χ4v) is 6.74. The second-order valence-electron chi connectivity index (χ2n) is 11.5. The van der Waals surface area contributed by atoms with E-state index in [1.165, 1.54) is 12.1 Å². The number of alkyl halides is 6. The lowest BCUT2D eigenvalue weighted by Crippen LogP contribution is -2.61. The number of nitrogens with one attached hydrogen (secondary N) is 2. The average molecular weight is 651 g/mol. The number of nitrogens with zero attached hydrogens (tertiary/aromatic N) is 2. The number of hydrogen-bond acceptors (Lipinski definition) is 5. The van der Waals surface area contributed by atoms with Crippen LogP contribution in [0.2, 0.25) is 0 Å². The molecule has 1 heterocycles. The molecule has 1 aliphatic carbocycles. The zero-order valence-electron chi connectivity index (χ0n) is 24.0. The van der Waals surface area contributed by atoms with E-state index in [9.17, 15) is 43.9 Å². The summed E-state index contributed by atoms with van der Waals surface area (Å²) >= 11 is 0. The zero-order valence-corrected chi connectivity index (χ0v) is 24.8. The highest BCUT2D eigenvalue weighted by Gasteiger charge is 2.52. The SMILES string of the molecule is CC1N=C(C2(CCN(Cc3ccc(C(F)(F)F)cc3)S(=O)(=O)c3ccc(F)cc3)CCC2)N[C@@]1(C)C(=O)NCCC(F)(F)F. The Morgan fingerprint density at radius 3 is 2.18 bits per heavy atom. The molecule has 1 unspecified atom stereocenters. The first-order valence-electron chi connectivity index (χ1n) is 14.0. The molecule has 0 bridgehead atoms. The van der Waals surface area contributed by atoms with Crippen LogP contribution in [-0.4, -0.2) is 55.3 Å².